The fourth-order valence-electron chi connectivity index (χ4n) is 3.38. The van der Waals surface area contributed by atoms with Crippen molar-refractivity contribution in [2.24, 2.45) is 11.0 Å². The highest BCUT2D eigenvalue weighted by Gasteiger charge is 2.52. The molecular formula is C17H23N3O3S. The predicted molar refractivity (Wildman–Crippen MR) is 94.1 cm³/mol. The van der Waals surface area contributed by atoms with Crippen LogP contribution in [0.3, 0.4) is 0 Å². The number of thioether (sulfide) groups is 1. The van der Waals surface area contributed by atoms with Gasteiger partial charge in [-0.15, -0.1) is 11.8 Å². The molecule has 3 rings (SSSR count). The van der Waals surface area contributed by atoms with E-state index in [1.807, 2.05) is 24.8 Å². The smallest absolute Gasteiger partial charge is 0.327 e. The topological polar surface area (TPSA) is 62.2 Å². The number of amides is 1. The number of nitrogens with zero attached hydrogens (tertiary/aromatic N) is 3. The van der Waals surface area contributed by atoms with Crippen LogP contribution in [0.25, 0.3) is 0 Å². The van der Waals surface area contributed by atoms with Crippen molar-refractivity contribution < 1.29 is 14.3 Å². The molecule has 2 unspecified atom stereocenters. The molecule has 0 aliphatic carbocycles. The Kier molecular flexibility index (Phi) is 4.23. The molecule has 6 nitrogen and oxygen atoms in total. The molecule has 3 aliphatic heterocycles. The summed E-state index contributed by atoms with van der Waals surface area (Å²) in [6.07, 6.45) is 4.22. The largest absolute Gasteiger partial charge is 0.465 e. The summed E-state index contributed by atoms with van der Waals surface area (Å²) >= 11 is 1.77. The van der Waals surface area contributed by atoms with Crippen molar-refractivity contribution in [2.75, 3.05) is 13.2 Å². The van der Waals surface area contributed by atoms with E-state index < -0.39 is 5.97 Å². The van der Waals surface area contributed by atoms with E-state index in [0.29, 0.717) is 5.70 Å². The third-order valence-electron chi connectivity index (χ3n) is 4.35. The zero-order chi connectivity index (χ0) is 17.6. The zero-order valence-electron chi connectivity index (χ0n) is 14.7. The number of carbonyl (C=O) groups is 2. The van der Waals surface area contributed by atoms with E-state index in [4.69, 9.17) is 4.74 Å². The van der Waals surface area contributed by atoms with Gasteiger partial charge >= 0.3 is 5.97 Å². The molecule has 0 bridgehead atoms. The summed E-state index contributed by atoms with van der Waals surface area (Å²) in [5.74, 6) is 0.259. The maximum Gasteiger partial charge on any atom is 0.327 e. The normalized spacial score (nSPS) is 28.5. The van der Waals surface area contributed by atoms with Crippen LogP contribution in [0.2, 0.25) is 0 Å². The van der Waals surface area contributed by atoms with E-state index in [-0.39, 0.29) is 35.8 Å². The number of ether oxygens (including phenoxy) is 1. The third-order valence-corrected chi connectivity index (χ3v) is 5.60. The van der Waals surface area contributed by atoms with Crippen LogP contribution in [0, 0.1) is 5.92 Å². The lowest BCUT2D eigenvalue weighted by molar-refractivity contribution is -0.148. The highest BCUT2D eigenvalue weighted by atomic mass is 32.2. The van der Waals surface area contributed by atoms with Crippen LogP contribution in [0.4, 0.5) is 0 Å². The summed E-state index contributed by atoms with van der Waals surface area (Å²) in [6.45, 7) is 10.2. The Morgan fingerprint density at radius 2 is 2.21 bits per heavy atom. The van der Waals surface area contributed by atoms with Crippen molar-refractivity contribution in [1.82, 2.24) is 9.91 Å². The van der Waals surface area contributed by atoms with Crippen molar-refractivity contribution in [3.63, 3.8) is 0 Å². The van der Waals surface area contributed by atoms with Gasteiger partial charge in [0.15, 0.2) is 0 Å². The lowest BCUT2D eigenvalue weighted by Gasteiger charge is -2.38. The first-order valence-electron chi connectivity index (χ1n) is 8.22. The minimum Gasteiger partial charge on any atom is -0.465 e. The van der Waals surface area contributed by atoms with Crippen molar-refractivity contribution in [3.8, 4) is 0 Å². The summed E-state index contributed by atoms with van der Waals surface area (Å²) in [6, 6.07) is 0.0901. The van der Waals surface area contributed by atoms with Crippen molar-refractivity contribution >= 4 is 29.5 Å². The second-order valence-electron chi connectivity index (χ2n) is 6.69. The van der Waals surface area contributed by atoms with Crippen LogP contribution in [0.1, 0.15) is 34.6 Å². The molecule has 0 saturated heterocycles. The van der Waals surface area contributed by atoms with Gasteiger partial charge in [0.25, 0.3) is 5.91 Å². The molecule has 3 aliphatic rings. The first kappa shape index (κ1) is 17.1. The first-order chi connectivity index (χ1) is 11.3. The number of hydrazone groups is 1. The number of rotatable bonds is 4. The number of hydrogen-bond acceptors (Lipinski definition) is 6. The number of carbonyl (C=O) groups excluding carboxylic acids is 2. The monoisotopic (exact) mass is 349 g/mol. The van der Waals surface area contributed by atoms with Crippen LogP contribution in [0.15, 0.2) is 27.9 Å². The van der Waals surface area contributed by atoms with E-state index in [1.54, 1.807) is 18.7 Å². The van der Waals surface area contributed by atoms with E-state index in [9.17, 15) is 9.59 Å². The number of esters is 1. The Morgan fingerprint density at radius 1 is 1.50 bits per heavy atom. The second-order valence-corrected chi connectivity index (χ2v) is 8.42. The number of hydrogen-bond donors (Lipinski definition) is 0. The molecule has 7 heteroatoms. The van der Waals surface area contributed by atoms with Crippen LogP contribution in [0.5, 0.6) is 0 Å². The van der Waals surface area contributed by atoms with E-state index in [2.05, 4.69) is 25.0 Å². The summed E-state index contributed by atoms with van der Waals surface area (Å²) < 4.78 is 4.78. The van der Waals surface area contributed by atoms with Crippen LogP contribution >= 0.6 is 11.8 Å². The highest BCUT2D eigenvalue weighted by Crippen LogP contribution is 2.51. The molecular weight excluding hydrogens is 326 g/mol. The average molecular weight is 349 g/mol. The number of fused-ring (bicyclic) bond motifs is 3. The predicted octanol–water partition coefficient (Wildman–Crippen LogP) is 2.34. The van der Waals surface area contributed by atoms with Gasteiger partial charge in [0.1, 0.15) is 18.1 Å². The molecule has 0 spiro atoms. The molecule has 0 aromatic carbocycles. The lowest BCUT2D eigenvalue weighted by atomic mass is 10.0. The quantitative estimate of drug-likeness (QED) is 0.729. The van der Waals surface area contributed by atoms with Gasteiger partial charge in [-0.2, -0.15) is 5.10 Å². The van der Waals surface area contributed by atoms with E-state index >= 15 is 0 Å². The fraction of sp³-hybridized carbons (Fsp3) is 0.588. The van der Waals surface area contributed by atoms with Gasteiger partial charge in [0, 0.05) is 5.92 Å². The van der Waals surface area contributed by atoms with Gasteiger partial charge in [-0.25, -0.2) is 5.01 Å². The molecule has 130 valence electrons. The Bertz CT molecular complexity index is 683. The molecule has 3 heterocycles. The van der Waals surface area contributed by atoms with Crippen LogP contribution < -0.4 is 0 Å². The highest BCUT2D eigenvalue weighted by molar-refractivity contribution is 8.04. The molecule has 2 atom stereocenters. The minimum atomic E-state index is -0.443. The maximum absolute atomic E-state index is 12.8. The Hall–Kier alpha value is -1.76. The molecule has 0 saturated carbocycles. The van der Waals surface area contributed by atoms with E-state index in [0.717, 1.165) is 5.84 Å². The van der Waals surface area contributed by atoms with Gasteiger partial charge < -0.3 is 9.64 Å². The summed E-state index contributed by atoms with van der Waals surface area (Å²) in [5.41, 5.74) is 0.613. The number of allylic oxidation sites excluding steroid dienone is 1. The molecule has 0 fully saturated rings. The van der Waals surface area contributed by atoms with Gasteiger partial charge in [0.05, 0.1) is 17.4 Å². The van der Waals surface area contributed by atoms with Crippen LogP contribution in [-0.2, 0) is 14.3 Å². The maximum atomic E-state index is 12.8. The summed E-state index contributed by atoms with van der Waals surface area (Å²) in [7, 11) is 0. The first-order valence-corrected chi connectivity index (χ1v) is 9.04. The molecule has 0 aromatic rings. The van der Waals surface area contributed by atoms with Crippen molar-refractivity contribution in [1.29, 1.82) is 0 Å². The fourth-order valence-corrected chi connectivity index (χ4v) is 4.73. The van der Waals surface area contributed by atoms with Crippen molar-refractivity contribution in [2.45, 2.75) is 45.4 Å². The lowest BCUT2D eigenvalue weighted by Crippen LogP contribution is -2.51. The molecule has 0 radical (unpaired) electrons. The Labute approximate surface area is 146 Å². The third kappa shape index (κ3) is 2.64. The van der Waals surface area contributed by atoms with E-state index in [1.165, 1.54) is 9.91 Å². The SMILES string of the molecule is CCOC(=O)CN1N=C(C(C)C)N2C(=CC3(C)SC(C)=CC23)C1=O. The summed E-state index contributed by atoms with van der Waals surface area (Å²) in [4.78, 5) is 27.9. The molecule has 0 aromatic heterocycles. The Balaban J connectivity index is 1.98. The van der Waals surface area contributed by atoms with Gasteiger partial charge in [0.2, 0.25) is 0 Å². The van der Waals surface area contributed by atoms with Gasteiger partial charge in [-0.3, -0.25) is 9.59 Å². The second kappa shape index (κ2) is 5.95. The molecule has 0 N–H and O–H groups in total. The summed E-state index contributed by atoms with van der Waals surface area (Å²) in [5, 5.41) is 5.73. The van der Waals surface area contributed by atoms with Gasteiger partial charge in [-0.1, -0.05) is 19.9 Å². The number of amidine groups is 1. The average Bonchev–Trinajstić information content (AvgIpc) is 2.91. The molecule has 24 heavy (non-hydrogen) atoms. The Morgan fingerprint density at radius 3 is 2.83 bits per heavy atom. The van der Waals surface area contributed by atoms with Crippen LogP contribution in [-0.4, -0.2) is 51.6 Å². The molecule has 1 amide bonds. The minimum absolute atomic E-state index is 0.0901. The van der Waals surface area contributed by atoms with Gasteiger partial charge in [-0.05, 0) is 31.8 Å². The zero-order valence-corrected chi connectivity index (χ0v) is 15.5. The standard InChI is InChI=1S/C17H23N3O3S/c1-6-23-14(21)9-19-16(22)12-8-17(5)13(7-11(4)24-17)20(12)15(18-19)10(2)3/h7-8,10,13H,6,9H2,1-5H3. The van der Waals surface area contributed by atoms with Crippen molar-refractivity contribution in [3.05, 3.63) is 22.8 Å².